The third-order valence-corrected chi connectivity index (χ3v) is 3.59. The van der Waals surface area contributed by atoms with Crippen LogP contribution in [-0.4, -0.2) is 31.3 Å². The normalized spacial score (nSPS) is 29.1. The van der Waals surface area contributed by atoms with Crippen molar-refractivity contribution in [2.24, 2.45) is 5.92 Å². The van der Waals surface area contributed by atoms with Gasteiger partial charge in [0.15, 0.2) is 0 Å². The van der Waals surface area contributed by atoms with Gasteiger partial charge in [-0.05, 0) is 38.6 Å². The highest BCUT2D eigenvalue weighted by Crippen LogP contribution is 2.41. The lowest BCUT2D eigenvalue weighted by atomic mass is 9.76. The fraction of sp³-hybridized carbons (Fsp3) is 0.917. The van der Waals surface area contributed by atoms with Crippen molar-refractivity contribution in [3.8, 4) is 0 Å². The van der Waals surface area contributed by atoms with Crippen molar-refractivity contribution < 1.29 is 22.7 Å². The molecule has 0 spiro atoms. The summed E-state index contributed by atoms with van der Waals surface area (Å²) in [5, 5.41) is 3.07. The van der Waals surface area contributed by atoms with Crippen molar-refractivity contribution in [2.45, 2.75) is 50.7 Å². The van der Waals surface area contributed by atoms with Gasteiger partial charge in [0.05, 0.1) is 13.0 Å². The van der Waals surface area contributed by atoms with Gasteiger partial charge in [-0.25, -0.2) is 0 Å². The third-order valence-electron chi connectivity index (χ3n) is 3.59. The van der Waals surface area contributed by atoms with Gasteiger partial charge in [0.1, 0.15) is 5.54 Å². The molecular weight excluding hydrogens is 247 g/mol. The Morgan fingerprint density at radius 3 is 2.33 bits per heavy atom. The van der Waals surface area contributed by atoms with Crippen molar-refractivity contribution in [1.82, 2.24) is 5.32 Å². The Morgan fingerprint density at radius 2 is 1.94 bits per heavy atom. The maximum absolute atomic E-state index is 12.6. The Labute approximate surface area is 105 Å². The summed E-state index contributed by atoms with van der Waals surface area (Å²) in [5.41, 5.74) is -0.924. The quantitative estimate of drug-likeness (QED) is 0.796. The molecule has 0 bridgehead atoms. The Bertz CT molecular complexity index is 284. The predicted molar refractivity (Wildman–Crippen MR) is 61.1 cm³/mol. The maximum atomic E-state index is 12.6. The molecule has 106 valence electrons. The van der Waals surface area contributed by atoms with E-state index in [-0.39, 0.29) is 25.7 Å². The summed E-state index contributed by atoms with van der Waals surface area (Å²) in [6, 6.07) is 0. The molecule has 0 unspecified atom stereocenters. The molecule has 0 amide bonds. The first-order valence-electron chi connectivity index (χ1n) is 6.26. The predicted octanol–water partition coefficient (Wildman–Crippen LogP) is 2.65. The molecule has 0 atom stereocenters. The van der Waals surface area contributed by atoms with Crippen LogP contribution in [0.15, 0.2) is 0 Å². The highest BCUT2D eigenvalue weighted by molar-refractivity contribution is 5.80. The molecule has 0 radical (unpaired) electrons. The number of esters is 1. The average molecular weight is 267 g/mol. The van der Waals surface area contributed by atoms with Crippen LogP contribution in [0.3, 0.4) is 0 Å². The maximum Gasteiger partial charge on any atom is 0.391 e. The van der Waals surface area contributed by atoms with E-state index in [1.807, 2.05) is 6.92 Å². The minimum Gasteiger partial charge on any atom is -0.468 e. The molecule has 0 heterocycles. The lowest BCUT2D eigenvalue weighted by Gasteiger charge is -2.39. The van der Waals surface area contributed by atoms with Crippen LogP contribution < -0.4 is 5.32 Å². The number of rotatable bonds is 4. The van der Waals surface area contributed by atoms with Crippen LogP contribution in [0.2, 0.25) is 0 Å². The molecule has 6 heteroatoms. The first-order valence-corrected chi connectivity index (χ1v) is 6.26. The van der Waals surface area contributed by atoms with Gasteiger partial charge in [0, 0.05) is 0 Å². The van der Waals surface area contributed by atoms with Crippen molar-refractivity contribution in [3.05, 3.63) is 0 Å². The van der Waals surface area contributed by atoms with Gasteiger partial charge in [0.25, 0.3) is 0 Å². The molecule has 0 aliphatic heterocycles. The summed E-state index contributed by atoms with van der Waals surface area (Å²) in [4.78, 5) is 11.8. The second kappa shape index (κ2) is 5.91. The number of hydrogen-bond acceptors (Lipinski definition) is 3. The molecule has 1 saturated carbocycles. The number of methoxy groups -OCH3 is 1. The summed E-state index contributed by atoms with van der Waals surface area (Å²) in [6.45, 7) is 2.55. The average Bonchev–Trinajstić information content (AvgIpc) is 2.34. The van der Waals surface area contributed by atoms with Crippen LogP contribution in [0.1, 0.15) is 39.0 Å². The highest BCUT2D eigenvalue weighted by atomic mass is 19.4. The number of carbonyl (C=O) groups excluding carboxylic acids is 1. The molecule has 0 aromatic carbocycles. The number of carbonyl (C=O) groups is 1. The number of alkyl halides is 3. The molecule has 0 saturated heterocycles. The molecule has 3 nitrogen and oxygen atoms in total. The summed E-state index contributed by atoms with van der Waals surface area (Å²) >= 11 is 0. The Kier molecular flexibility index (Phi) is 5.01. The van der Waals surface area contributed by atoms with E-state index < -0.39 is 23.6 Å². The SMILES string of the molecule is CCCNC1(C(=O)OC)CCC(C(F)(F)F)CC1. The summed E-state index contributed by atoms with van der Waals surface area (Å²) in [7, 11) is 1.27. The first kappa shape index (κ1) is 15.3. The van der Waals surface area contributed by atoms with Gasteiger partial charge in [-0.1, -0.05) is 6.92 Å². The third kappa shape index (κ3) is 3.37. The number of nitrogens with one attached hydrogen (secondary N) is 1. The van der Waals surface area contributed by atoms with Crippen LogP contribution >= 0.6 is 0 Å². The van der Waals surface area contributed by atoms with E-state index in [0.29, 0.717) is 6.54 Å². The van der Waals surface area contributed by atoms with E-state index in [9.17, 15) is 18.0 Å². The molecule has 0 aromatic heterocycles. The van der Waals surface area contributed by atoms with E-state index in [4.69, 9.17) is 4.74 Å². The smallest absolute Gasteiger partial charge is 0.391 e. The van der Waals surface area contributed by atoms with Gasteiger partial charge >= 0.3 is 12.1 Å². The zero-order valence-corrected chi connectivity index (χ0v) is 10.8. The van der Waals surface area contributed by atoms with E-state index >= 15 is 0 Å². The van der Waals surface area contributed by atoms with Crippen molar-refractivity contribution in [1.29, 1.82) is 0 Å². The molecule has 1 aliphatic rings. The van der Waals surface area contributed by atoms with E-state index in [1.54, 1.807) is 0 Å². The molecule has 0 aromatic rings. The van der Waals surface area contributed by atoms with Gasteiger partial charge in [-0.15, -0.1) is 0 Å². The zero-order valence-electron chi connectivity index (χ0n) is 10.8. The Balaban J connectivity index is 2.70. The van der Waals surface area contributed by atoms with E-state index in [0.717, 1.165) is 6.42 Å². The minimum absolute atomic E-state index is 0.0185. The van der Waals surface area contributed by atoms with Gasteiger partial charge in [-0.3, -0.25) is 4.79 Å². The molecule has 1 N–H and O–H groups in total. The highest BCUT2D eigenvalue weighted by Gasteiger charge is 2.49. The molecular formula is C12H20F3NO2. The van der Waals surface area contributed by atoms with Crippen LogP contribution in [-0.2, 0) is 9.53 Å². The topological polar surface area (TPSA) is 38.3 Å². The molecule has 1 aliphatic carbocycles. The first-order chi connectivity index (χ1) is 8.35. The zero-order chi connectivity index (χ0) is 13.8. The number of halogens is 3. The van der Waals surface area contributed by atoms with E-state index in [2.05, 4.69) is 5.32 Å². The second-order valence-corrected chi connectivity index (χ2v) is 4.82. The van der Waals surface area contributed by atoms with Gasteiger partial charge < -0.3 is 10.1 Å². The molecule has 1 rings (SSSR count). The summed E-state index contributed by atoms with van der Waals surface area (Å²) in [6.07, 6.45) is -3.01. The Morgan fingerprint density at radius 1 is 1.39 bits per heavy atom. The monoisotopic (exact) mass is 267 g/mol. The van der Waals surface area contributed by atoms with Crippen LogP contribution in [0.5, 0.6) is 0 Å². The standard InChI is InChI=1S/C12H20F3NO2/c1-3-8-16-11(10(17)18-2)6-4-9(5-7-11)12(13,14)15/h9,16H,3-8H2,1-2H3. The fourth-order valence-corrected chi connectivity index (χ4v) is 2.45. The molecule has 1 fully saturated rings. The van der Waals surface area contributed by atoms with Crippen LogP contribution in [0.25, 0.3) is 0 Å². The summed E-state index contributed by atoms with van der Waals surface area (Å²) < 4.78 is 42.5. The molecule has 18 heavy (non-hydrogen) atoms. The van der Waals surface area contributed by atoms with E-state index in [1.165, 1.54) is 7.11 Å². The lowest BCUT2D eigenvalue weighted by Crippen LogP contribution is -2.55. The Hall–Kier alpha value is -0.780. The minimum atomic E-state index is -4.16. The fourth-order valence-electron chi connectivity index (χ4n) is 2.45. The van der Waals surface area contributed by atoms with Gasteiger partial charge in [0.2, 0.25) is 0 Å². The lowest BCUT2D eigenvalue weighted by molar-refractivity contribution is -0.188. The van der Waals surface area contributed by atoms with Crippen molar-refractivity contribution >= 4 is 5.97 Å². The summed E-state index contributed by atoms with van der Waals surface area (Å²) in [5.74, 6) is -1.74. The van der Waals surface area contributed by atoms with Crippen LogP contribution in [0, 0.1) is 5.92 Å². The largest absolute Gasteiger partial charge is 0.468 e. The van der Waals surface area contributed by atoms with Crippen molar-refractivity contribution in [3.63, 3.8) is 0 Å². The van der Waals surface area contributed by atoms with Gasteiger partial charge in [-0.2, -0.15) is 13.2 Å². The van der Waals surface area contributed by atoms with Crippen LogP contribution in [0.4, 0.5) is 13.2 Å². The van der Waals surface area contributed by atoms with Crippen molar-refractivity contribution in [2.75, 3.05) is 13.7 Å². The second-order valence-electron chi connectivity index (χ2n) is 4.82. The number of hydrogen-bond donors (Lipinski definition) is 1. The number of ether oxygens (including phenoxy) is 1.